The first-order valence-electron chi connectivity index (χ1n) is 6.81. The first kappa shape index (κ1) is 14.7. The third kappa shape index (κ3) is 2.64. The van der Waals surface area contributed by atoms with Crippen LogP contribution in [0.2, 0.25) is 0 Å². The van der Waals surface area contributed by atoms with Crippen LogP contribution >= 0.6 is 0 Å². The van der Waals surface area contributed by atoms with Gasteiger partial charge >= 0.3 is 0 Å². The Morgan fingerprint density at radius 2 is 1.78 bits per heavy atom. The first-order chi connectivity index (χ1) is 11.0. The quantitative estimate of drug-likeness (QED) is 0.786. The van der Waals surface area contributed by atoms with Crippen molar-refractivity contribution >= 4 is 5.82 Å². The van der Waals surface area contributed by atoms with Gasteiger partial charge in [-0.25, -0.2) is 13.5 Å². The van der Waals surface area contributed by atoms with Crippen molar-refractivity contribution in [3.63, 3.8) is 0 Å². The summed E-state index contributed by atoms with van der Waals surface area (Å²) in [6.45, 7) is 1.75. The highest BCUT2D eigenvalue weighted by Crippen LogP contribution is 2.29. The van der Waals surface area contributed by atoms with E-state index in [2.05, 4.69) is 5.10 Å². The SMILES string of the molecule is Cc1cc(F)cc(-n2nc(-c3ccc(F)cc3)c(C#N)c2N)c1. The molecule has 0 spiro atoms. The Morgan fingerprint density at radius 1 is 1.09 bits per heavy atom. The molecule has 0 aliphatic rings. The normalized spacial score (nSPS) is 10.5. The molecule has 2 aromatic carbocycles. The number of benzene rings is 2. The van der Waals surface area contributed by atoms with Crippen LogP contribution in [0.5, 0.6) is 0 Å². The fraction of sp³-hybridized carbons (Fsp3) is 0.0588. The average Bonchev–Trinajstić information content (AvgIpc) is 2.84. The molecule has 1 aromatic heterocycles. The van der Waals surface area contributed by atoms with E-state index in [0.29, 0.717) is 22.5 Å². The second-order valence-electron chi connectivity index (χ2n) is 5.13. The number of nitrogens with zero attached hydrogens (tertiary/aromatic N) is 3. The third-order valence-electron chi connectivity index (χ3n) is 3.42. The molecule has 0 radical (unpaired) electrons. The van der Waals surface area contributed by atoms with Crippen molar-refractivity contribution in [2.75, 3.05) is 5.73 Å². The van der Waals surface area contributed by atoms with Gasteiger partial charge in [0.1, 0.15) is 34.8 Å². The summed E-state index contributed by atoms with van der Waals surface area (Å²) < 4.78 is 28.0. The maximum Gasteiger partial charge on any atom is 0.145 e. The van der Waals surface area contributed by atoms with Crippen LogP contribution in [-0.2, 0) is 0 Å². The van der Waals surface area contributed by atoms with Gasteiger partial charge in [-0.15, -0.1) is 0 Å². The molecule has 3 aromatic rings. The lowest BCUT2D eigenvalue weighted by molar-refractivity contribution is 0.624. The van der Waals surface area contributed by atoms with Gasteiger partial charge in [0, 0.05) is 5.56 Å². The number of aryl methyl sites for hydroxylation is 1. The molecule has 1 heterocycles. The number of hydrogen-bond acceptors (Lipinski definition) is 3. The van der Waals surface area contributed by atoms with Crippen LogP contribution in [0.25, 0.3) is 16.9 Å². The summed E-state index contributed by atoms with van der Waals surface area (Å²) >= 11 is 0. The molecule has 0 saturated carbocycles. The van der Waals surface area contributed by atoms with E-state index >= 15 is 0 Å². The van der Waals surface area contributed by atoms with E-state index < -0.39 is 5.82 Å². The number of hydrogen-bond donors (Lipinski definition) is 1. The van der Waals surface area contributed by atoms with Crippen molar-refractivity contribution in [2.45, 2.75) is 6.92 Å². The number of anilines is 1. The van der Waals surface area contributed by atoms with Gasteiger partial charge in [0.25, 0.3) is 0 Å². The second-order valence-corrected chi connectivity index (χ2v) is 5.13. The number of halogens is 2. The molecular formula is C17H12F2N4. The van der Waals surface area contributed by atoms with E-state index in [0.717, 1.165) is 0 Å². The van der Waals surface area contributed by atoms with Crippen LogP contribution in [0.15, 0.2) is 42.5 Å². The van der Waals surface area contributed by atoms with Gasteiger partial charge in [-0.1, -0.05) is 0 Å². The molecule has 0 atom stereocenters. The zero-order valence-electron chi connectivity index (χ0n) is 12.2. The molecule has 0 saturated heterocycles. The van der Waals surface area contributed by atoms with Crippen LogP contribution in [0.3, 0.4) is 0 Å². The zero-order valence-corrected chi connectivity index (χ0v) is 12.2. The van der Waals surface area contributed by atoms with E-state index in [4.69, 9.17) is 5.73 Å². The summed E-state index contributed by atoms with van der Waals surface area (Å²) in [5, 5.41) is 13.7. The van der Waals surface area contributed by atoms with E-state index in [-0.39, 0.29) is 17.2 Å². The molecule has 0 aliphatic heterocycles. The van der Waals surface area contributed by atoms with Gasteiger partial charge in [-0.3, -0.25) is 0 Å². The highest BCUT2D eigenvalue weighted by Gasteiger charge is 2.18. The van der Waals surface area contributed by atoms with Gasteiger partial charge in [-0.05, 0) is 55.0 Å². The van der Waals surface area contributed by atoms with E-state index in [1.54, 1.807) is 13.0 Å². The molecule has 114 valence electrons. The van der Waals surface area contributed by atoms with Crippen LogP contribution < -0.4 is 5.73 Å². The minimum absolute atomic E-state index is 0.108. The molecule has 0 aliphatic carbocycles. The van der Waals surface area contributed by atoms with E-state index in [9.17, 15) is 14.0 Å². The first-order valence-corrected chi connectivity index (χ1v) is 6.81. The van der Waals surface area contributed by atoms with Gasteiger partial charge in [0.2, 0.25) is 0 Å². The summed E-state index contributed by atoms with van der Waals surface area (Å²) in [4.78, 5) is 0. The van der Waals surface area contributed by atoms with Crippen LogP contribution in [-0.4, -0.2) is 9.78 Å². The predicted molar refractivity (Wildman–Crippen MR) is 82.8 cm³/mol. The maximum atomic E-state index is 13.6. The Hall–Kier alpha value is -3.20. The molecule has 0 amide bonds. The Morgan fingerprint density at radius 3 is 2.39 bits per heavy atom. The lowest BCUT2D eigenvalue weighted by atomic mass is 10.1. The molecule has 0 fully saturated rings. The van der Waals surface area contributed by atoms with Gasteiger partial charge < -0.3 is 5.73 Å². The fourth-order valence-corrected chi connectivity index (χ4v) is 2.39. The summed E-state index contributed by atoms with van der Waals surface area (Å²) in [5.74, 6) is -0.700. The molecule has 0 unspecified atom stereocenters. The minimum atomic E-state index is -0.420. The van der Waals surface area contributed by atoms with E-state index in [1.807, 2.05) is 6.07 Å². The summed E-state index contributed by atoms with van der Waals surface area (Å²) in [6, 6.07) is 12.0. The maximum absolute atomic E-state index is 13.6. The Kier molecular flexibility index (Phi) is 3.54. The lowest BCUT2D eigenvalue weighted by Crippen LogP contribution is -2.03. The number of nitrogens with two attached hydrogens (primary N) is 1. The van der Waals surface area contributed by atoms with Crippen molar-refractivity contribution in [3.05, 3.63) is 65.2 Å². The second kappa shape index (κ2) is 5.54. The number of rotatable bonds is 2. The zero-order chi connectivity index (χ0) is 16.6. The molecule has 6 heteroatoms. The lowest BCUT2D eigenvalue weighted by Gasteiger charge is -2.05. The summed E-state index contributed by atoms with van der Waals surface area (Å²) in [7, 11) is 0. The van der Waals surface area contributed by atoms with Gasteiger partial charge in [-0.2, -0.15) is 10.4 Å². The van der Waals surface area contributed by atoms with Crippen molar-refractivity contribution in [1.29, 1.82) is 5.26 Å². The minimum Gasteiger partial charge on any atom is -0.382 e. The van der Waals surface area contributed by atoms with Crippen molar-refractivity contribution in [3.8, 4) is 23.0 Å². The predicted octanol–water partition coefficient (Wildman–Crippen LogP) is 3.58. The van der Waals surface area contributed by atoms with Gasteiger partial charge in [0.05, 0.1) is 5.69 Å². The molecule has 4 nitrogen and oxygen atoms in total. The Bertz CT molecular complexity index is 901. The molecule has 0 bridgehead atoms. The highest BCUT2D eigenvalue weighted by atomic mass is 19.1. The standard InChI is InChI=1S/C17H12F2N4/c1-10-6-13(19)8-14(7-10)23-17(21)15(9-20)16(22-23)11-2-4-12(18)5-3-11/h2-8H,21H2,1H3. The topological polar surface area (TPSA) is 67.6 Å². The van der Waals surface area contributed by atoms with Crippen molar-refractivity contribution in [1.82, 2.24) is 9.78 Å². The monoisotopic (exact) mass is 310 g/mol. The van der Waals surface area contributed by atoms with Crippen LogP contribution in [0.4, 0.5) is 14.6 Å². The van der Waals surface area contributed by atoms with Crippen molar-refractivity contribution < 1.29 is 8.78 Å². The Labute approximate surface area is 131 Å². The Balaban J connectivity index is 2.21. The largest absolute Gasteiger partial charge is 0.382 e. The molecule has 3 rings (SSSR count). The number of nitrogen functional groups attached to an aromatic ring is 1. The third-order valence-corrected chi connectivity index (χ3v) is 3.42. The number of nitriles is 1. The molecule has 23 heavy (non-hydrogen) atoms. The van der Waals surface area contributed by atoms with Crippen LogP contribution in [0.1, 0.15) is 11.1 Å². The van der Waals surface area contributed by atoms with E-state index in [1.165, 1.54) is 41.1 Å². The fourth-order valence-electron chi connectivity index (χ4n) is 2.39. The summed E-state index contributed by atoms with van der Waals surface area (Å²) in [6.07, 6.45) is 0. The van der Waals surface area contributed by atoms with Crippen molar-refractivity contribution in [2.24, 2.45) is 0 Å². The highest BCUT2D eigenvalue weighted by molar-refractivity contribution is 5.73. The number of aromatic nitrogens is 2. The molecule has 2 N–H and O–H groups in total. The smallest absolute Gasteiger partial charge is 0.145 e. The van der Waals surface area contributed by atoms with Crippen LogP contribution in [0, 0.1) is 29.9 Å². The summed E-state index contributed by atoms with van der Waals surface area (Å²) in [5.41, 5.74) is 8.17. The van der Waals surface area contributed by atoms with Gasteiger partial charge in [0.15, 0.2) is 0 Å². The average molecular weight is 310 g/mol. The molecular weight excluding hydrogens is 298 g/mol.